The minimum atomic E-state index is -0.445. The van der Waals surface area contributed by atoms with Crippen molar-refractivity contribution in [3.8, 4) is 0 Å². The number of likely N-dealkylation sites (tertiary alicyclic amines) is 1. The number of nitrogens with zero attached hydrogens (tertiary/aromatic N) is 4. The predicted molar refractivity (Wildman–Crippen MR) is 84.0 cm³/mol. The lowest BCUT2D eigenvalue weighted by atomic mass is 10.0. The normalized spacial score (nSPS) is 24.5. The van der Waals surface area contributed by atoms with Gasteiger partial charge in [-0.3, -0.25) is 0 Å². The molecule has 0 aromatic carbocycles. The number of ether oxygens (including phenoxy) is 1. The van der Waals surface area contributed by atoms with Gasteiger partial charge in [0.05, 0.1) is 12.4 Å². The quantitative estimate of drug-likeness (QED) is 0.794. The lowest BCUT2D eigenvalue weighted by molar-refractivity contribution is 0.0282. The van der Waals surface area contributed by atoms with Crippen molar-refractivity contribution in [3.63, 3.8) is 0 Å². The molecule has 0 N–H and O–H groups in total. The fraction of sp³-hybridized carbons (Fsp3) is 0.667. The fourth-order valence-electron chi connectivity index (χ4n) is 3.12. The summed E-state index contributed by atoms with van der Waals surface area (Å²) in [7, 11) is 0. The van der Waals surface area contributed by atoms with Crippen LogP contribution in [-0.4, -0.2) is 52.7 Å². The van der Waals surface area contributed by atoms with Crippen molar-refractivity contribution < 1.29 is 9.53 Å². The molecule has 22 heavy (non-hydrogen) atoms. The summed E-state index contributed by atoms with van der Waals surface area (Å²) in [6, 6.07) is 0. The molecule has 2 saturated heterocycles. The molecule has 0 aliphatic carbocycles. The van der Waals surface area contributed by atoms with E-state index >= 15 is 0 Å². The van der Waals surface area contributed by atoms with E-state index < -0.39 is 5.60 Å². The number of halogens is 1. The summed E-state index contributed by atoms with van der Waals surface area (Å²) < 4.78 is 5.45. The molecule has 1 aromatic rings. The van der Waals surface area contributed by atoms with Crippen molar-refractivity contribution in [1.82, 2.24) is 14.9 Å². The molecule has 2 fully saturated rings. The highest BCUT2D eigenvalue weighted by Gasteiger charge is 2.43. The topological polar surface area (TPSA) is 58.6 Å². The highest BCUT2D eigenvalue weighted by Crippen LogP contribution is 2.33. The van der Waals surface area contributed by atoms with Crippen LogP contribution in [0, 0.1) is 11.8 Å². The van der Waals surface area contributed by atoms with Gasteiger partial charge in [0.2, 0.25) is 0 Å². The van der Waals surface area contributed by atoms with Crippen LogP contribution in [0.2, 0.25) is 5.15 Å². The monoisotopic (exact) mass is 324 g/mol. The summed E-state index contributed by atoms with van der Waals surface area (Å²) >= 11 is 5.77. The second-order valence-corrected chi connectivity index (χ2v) is 7.40. The van der Waals surface area contributed by atoms with Gasteiger partial charge in [-0.15, -0.1) is 0 Å². The van der Waals surface area contributed by atoms with Gasteiger partial charge in [-0.05, 0) is 20.8 Å². The van der Waals surface area contributed by atoms with Crippen LogP contribution in [0.15, 0.2) is 12.4 Å². The third-order valence-corrected chi connectivity index (χ3v) is 4.26. The number of aromatic nitrogens is 2. The SMILES string of the molecule is CC(C)(C)OC(=O)N1C[C@@H]2CN(c3cnc(Cl)cn3)C[C@@H]2C1. The molecule has 1 aromatic heterocycles. The maximum absolute atomic E-state index is 12.1. The van der Waals surface area contributed by atoms with Gasteiger partial charge in [0.1, 0.15) is 16.6 Å². The largest absolute Gasteiger partial charge is 0.444 e. The molecule has 0 unspecified atom stereocenters. The van der Waals surface area contributed by atoms with Gasteiger partial charge in [-0.2, -0.15) is 0 Å². The Kier molecular flexibility index (Phi) is 3.89. The Labute approximate surface area is 135 Å². The molecule has 3 heterocycles. The molecule has 0 spiro atoms. The van der Waals surface area contributed by atoms with Crippen LogP contribution in [-0.2, 0) is 4.74 Å². The van der Waals surface area contributed by atoms with E-state index in [1.807, 2.05) is 25.7 Å². The lowest BCUT2D eigenvalue weighted by Crippen LogP contribution is -2.37. The zero-order valence-corrected chi connectivity index (χ0v) is 13.9. The Hall–Kier alpha value is -1.56. The van der Waals surface area contributed by atoms with Gasteiger partial charge in [-0.25, -0.2) is 14.8 Å². The van der Waals surface area contributed by atoms with Crippen molar-refractivity contribution in [2.24, 2.45) is 11.8 Å². The van der Waals surface area contributed by atoms with E-state index in [1.54, 1.807) is 12.4 Å². The molecule has 120 valence electrons. The maximum atomic E-state index is 12.1. The Morgan fingerprint density at radius 3 is 2.32 bits per heavy atom. The molecule has 2 aliphatic rings. The molecule has 1 amide bonds. The second kappa shape index (κ2) is 5.57. The summed E-state index contributed by atoms with van der Waals surface area (Å²) in [6.45, 7) is 8.95. The molecule has 3 rings (SSSR count). The smallest absolute Gasteiger partial charge is 0.410 e. The minimum Gasteiger partial charge on any atom is -0.444 e. The van der Waals surface area contributed by atoms with Crippen LogP contribution in [0.4, 0.5) is 10.6 Å². The number of hydrogen-bond donors (Lipinski definition) is 0. The number of rotatable bonds is 1. The molecule has 0 saturated carbocycles. The average Bonchev–Trinajstić information content (AvgIpc) is 2.95. The van der Waals surface area contributed by atoms with Gasteiger partial charge < -0.3 is 14.5 Å². The van der Waals surface area contributed by atoms with Crippen LogP contribution >= 0.6 is 11.6 Å². The lowest BCUT2D eigenvalue weighted by Gasteiger charge is -2.26. The Balaban J connectivity index is 1.58. The minimum absolute atomic E-state index is 0.209. The maximum Gasteiger partial charge on any atom is 0.410 e. The molecule has 6 nitrogen and oxygen atoms in total. The number of amides is 1. The number of fused-ring (bicyclic) bond motifs is 1. The van der Waals surface area contributed by atoms with Crippen LogP contribution in [0.5, 0.6) is 0 Å². The fourth-order valence-corrected chi connectivity index (χ4v) is 3.22. The summed E-state index contributed by atoms with van der Waals surface area (Å²) in [4.78, 5) is 24.6. The summed E-state index contributed by atoms with van der Waals surface area (Å²) in [5, 5.41) is 0.402. The van der Waals surface area contributed by atoms with E-state index in [0.29, 0.717) is 17.0 Å². The zero-order chi connectivity index (χ0) is 15.9. The standard InChI is InChI=1S/C15H21ClN4O2/c1-15(2,3)22-14(21)20-8-10-6-19(7-11(10)9-20)13-5-17-12(16)4-18-13/h4-5,10-11H,6-9H2,1-3H3/t10-,11+. The van der Waals surface area contributed by atoms with Gasteiger partial charge in [0, 0.05) is 38.0 Å². The van der Waals surface area contributed by atoms with Crippen molar-refractivity contribution in [1.29, 1.82) is 0 Å². The van der Waals surface area contributed by atoms with E-state index in [2.05, 4.69) is 14.9 Å². The van der Waals surface area contributed by atoms with E-state index in [0.717, 1.165) is 32.0 Å². The van der Waals surface area contributed by atoms with Gasteiger partial charge >= 0.3 is 6.09 Å². The molecular formula is C15H21ClN4O2. The van der Waals surface area contributed by atoms with Crippen LogP contribution < -0.4 is 4.90 Å². The van der Waals surface area contributed by atoms with Crippen molar-refractivity contribution in [2.45, 2.75) is 26.4 Å². The molecule has 0 radical (unpaired) electrons. The molecule has 0 bridgehead atoms. The van der Waals surface area contributed by atoms with Crippen molar-refractivity contribution in [3.05, 3.63) is 17.5 Å². The number of anilines is 1. The molecule has 2 atom stereocenters. The highest BCUT2D eigenvalue weighted by molar-refractivity contribution is 6.29. The highest BCUT2D eigenvalue weighted by atomic mass is 35.5. The number of carbonyl (C=O) groups excluding carboxylic acids is 1. The van der Waals surface area contributed by atoms with E-state index in [9.17, 15) is 4.79 Å². The molecular weight excluding hydrogens is 304 g/mol. The predicted octanol–water partition coefficient (Wildman–Crippen LogP) is 2.43. The first kappa shape index (κ1) is 15.3. The average molecular weight is 325 g/mol. The van der Waals surface area contributed by atoms with Crippen LogP contribution in [0.25, 0.3) is 0 Å². The Morgan fingerprint density at radius 1 is 1.18 bits per heavy atom. The summed E-state index contributed by atoms with van der Waals surface area (Å²) in [5.41, 5.74) is -0.445. The van der Waals surface area contributed by atoms with Gasteiger partial charge in [-0.1, -0.05) is 11.6 Å². The van der Waals surface area contributed by atoms with E-state index in [1.165, 1.54) is 0 Å². The van der Waals surface area contributed by atoms with Gasteiger partial charge in [0.25, 0.3) is 0 Å². The summed E-state index contributed by atoms with van der Waals surface area (Å²) in [5.74, 6) is 1.78. The molecule has 7 heteroatoms. The Bertz CT molecular complexity index is 544. The third-order valence-electron chi connectivity index (χ3n) is 4.07. The van der Waals surface area contributed by atoms with Crippen molar-refractivity contribution in [2.75, 3.05) is 31.1 Å². The third kappa shape index (κ3) is 3.27. The first-order chi connectivity index (χ1) is 10.3. The van der Waals surface area contributed by atoms with E-state index in [-0.39, 0.29) is 6.09 Å². The first-order valence-corrected chi connectivity index (χ1v) is 7.90. The molecule has 2 aliphatic heterocycles. The Morgan fingerprint density at radius 2 is 1.82 bits per heavy atom. The first-order valence-electron chi connectivity index (χ1n) is 7.52. The van der Waals surface area contributed by atoms with Crippen molar-refractivity contribution >= 4 is 23.5 Å². The number of hydrogen-bond acceptors (Lipinski definition) is 5. The summed E-state index contributed by atoms with van der Waals surface area (Å²) in [6.07, 6.45) is 3.06. The zero-order valence-electron chi connectivity index (χ0n) is 13.1. The number of carbonyl (C=O) groups is 1. The van der Waals surface area contributed by atoms with E-state index in [4.69, 9.17) is 16.3 Å². The second-order valence-electron chi connectivity index (χ2n) is 7.01. The van der Waals surface area contributed by atoms with Crippen LogP contribution in [0.3, 0.4) is 0 Å². The van der Waals surface area contributed by atoms with Gasteiger partial charge in [0.15, 0.2) is 0 Å². The van der Waals surface area contributed by atoms with Crippen LogP contribution in [0.1, 0.15) is 20.8 Å².